The monoisotopic (exact) mass is 1380 g/mol. The molecule has 6 aliphatic carbocycles. The summed E-state index contributed by atoms with van der Waals surface area (Å²) in [7, 11) is 0. The van der Waals surface area contributed by atoms with Gasteiger partial charge in [0.25, 0.3) is 0 Å². The smallest absolute Gasteiger partial charge is 0.00132 e. The Hall–Kier alpha value is -13.0. The normalized spacial score (nSPS) is 12.3. The van der Waals surface area contributed by atoms with Crippen LogP contribution in [0.4, 0.5) is 0 Å². The van der Waals surface area contributed by atoms with Crippen LogP contribution in [0.2, 0.25) is 0 Å². The van der Waals surface area contributed by atoms with E-state index in [0.717, 1.165) is 12.8 Å². The second kappa shape index (κ2) is 32.2. The molecule has 0 N–H and O–H groups in total. The largest absolute Gasteiger partial charge is 0.0795 e. The van der Waals surface area contributed by atoms with Crippen molar-refractivity contribution in [3.8, 4) is 66.8 Å². The highest BCUT2D eigenvalue weighted by Crippen LogP contribution is 2.48. The number of fused-ring (bicyclic) bond motifs is 21. The van der Waals surface area contributed by atoms with Gasteiger partial charge in [0, 0.05) is 0 Å². The first kappa shape index (κ1) is 68.1. The molecule has 0 saturated heterocycles. The van der Waals surface area contributed by atoms with Crippen LogP contribution in [0.25, 0.3) is 127 Å². The van der Waals surface area contributed by atoms with Crippen molar-refractivity contribution < 1.29 is 0 Å². The van der Waals surface area contributed by atoms with Gasteiger partial charge in [0.05, 0.1) is 0 Å². The van der Waals surface area contributed by atoms with E-state index in [0.29, 0.717) is 0 Å². The van der Waals surface area contributed by atoms with E-state index in [1.165, 1.54) is 215 Å². The van der Waals surface area contributed by atoms with Crippen LogP contribution in [-0.2, 0) is 51.4 Å². The van der Waals surface area contributed by atoms with Crippen molar-refractivity contribution in [2.24, 2.45) is 0 Å². The molecule has 0 aliphatic heterocycles. The molecule has 0 amide bonds. The lowest BCUT2D eigenvalue weighted by Crippen LogP contribution is -2.06. The molecule has 0 heterocycles. The summed E-state index contributed by atoms with van der Waals surface area (Å²) in [5, 5.41) is 13.4. The van der Waals surface area contributed by atoms with E-state index in [1.54, 1.807) is 0 Å². The molecule has 0 spiro atoms. The van der Waals surface area contributed by atoms with Crippen molar-refractivity contribution in [3.63, 3.8) is 0 Å². The van der Waals surface area contributed by atoms with E-state index in [9.17, 15) is 0 Å². The van der Waals surface area contributed by atoms with Gasteiger partial charge in [-0.3, -0.25) is 0 Å². The molecule has 24 rings (SSSR count). The fourth-order valence-corrected chi connectivity index (χ4v) is 16.6. The maximum Gasteiger partial charge on any atom is -0.00132 e. The molecule has 0 radical (unpaired) electrons. The zero-order valence-corrected chi connectivity index (χ0v) is 60.9. The number of benzene rings is 18. The van der Waals surface area contributed by atoms with Crippen molar-refractivity contribution >= 4 is 59.9 Å². The highest BCUT2D eigenvalue weighted by molar-refractivity contribution is 6.15. The molecular formula is C108H84. The lowest BCUT2D eigenvalue weighted by Gasteiger charge is -2.22. The highest BCUT2D eigenvalue weighted by atomic mass is 14.3. The SMILES string of the molecule is C1=Cc2ccccc2C1.c1ccc2c(c1)-c1cccc3cccc-2c13.c1ccc2c(c1)-c1ccccc1-2.c1ccc2c(c1)CCc1ccccc1-2.c1ccc2c(c1)CCc1ccccc1CC2.c1ccc2c(c1)Cc1cc3ccccc3cc1-2.c1ccc2c(c1)ccc1ccccc12.c1ccc2ccccc2c1. The first-order valence-electron chi connectivity index (χ1n) is 38.3. The summed E-state index contributed by atoms with van der Waals surface area (Å²) < 4.78 is 0. The molecule has 0 bridgehead atoms. The van der Waals surface area contributed by atoms with Gasteiger partial charge in [0.2, 0.25) is 0 Å². The van der Waals surface area contributed by atoms with Gasteiger partial charge < -0.3 is 0 Å². The van der Waals surface area contributed by atoms with Crippen molar-refractivity contribution in [2.45, 2.75) is 51.4 Å². The van der Waals surface area contributed by atoms with Crippen molar-refractivity contribution in [1.82, 2.24) is 0 Å². The van der Waals surface area contributed by atoms with E-state index in [-0.39, 0.29) is 0 Å². The maximum atomic E-state index is 2.34. The molecule has 108 heavy (non-hydrogen) atoms. The molecular weight excluding hydrogens is 1300 g/mol. The van der Waals surface area contributed by atoms with Gasteiger partial charge in [-0.2, -0.15) is 0 Å². The standard InChI is InChI=1S/C17H12.C16H10.C16H16.C14H12.C14H10.C12H8.C10H8.C9H8/c1-2-6-13-11-17-15(9-12(13)5-1)10-14-7-3-4-8-16(14)17;1-2-8-13-12(7-1)14-9-3-5-11-6-4-10-15(13)16(11)14;1-2-6-14-11-12-16-8-4-3-7-15(16)10-9-13(14)5-1;2*1-3-7-13-11(5-1)9-10-12-6-2-4-8-14(12)13;1-2-6-10-9(5-1)11-7-3-4-8-12(10)11;1-2-6-10-8-4-3-7-9(10)5-1;1-2-5-9-7-3-6-8(9)4-1/h1-9,11H,10H2;1-10H;1-8H,9-12H2;1-8H,9-10H2;1-10H;1-8H;1-8H;1-6H,7H2. The van der Waals surface area contributed by atoms with Crippen LogP contribution in [0.1, 0.15) is 55.6 Å². The molecule has 0 unspecified atom stereocenters. The molecule has 0 nitrogen and oxygen atoms in total. The molecule has 0 aromatic heterocycles. The second-order valence-electron chi connectivity index (χ2n) is 28.5. The topological polar surface area (TPSA) is 0 Å². The second-order valence-corrected chi connectivity index (χ2v) is 28.5. The summed E-state index contributed by atoms with van der Waals surface area (Å²) in [4.78, 5) is 0. The fraction of sp³-hybridized carbons (Fsp3) is 0.0741. The summed E-state index contributed by atoms with van der Waals surface area (Å²) >= 11 is 0. The summed E-state index contributed by atoms with van der Waals surface area (Å²) in [5.41, 5.74) is 31.7. The average Bonchev–Trinajstić information content (AvgIpc) is 1.35. The number of hydrogen-bond acceptors (Lipinski definition) is 0. The third kappa shape index (κ3) is 14.8. The summed E-state index contributed by atoms with van der Waals surface area (Å²) in [6.07, 6.45) is 13.7. The molecule has 516 valence electrons. The van der Waals surface area contributed by atoms with Crippen molar-refractivity contribution in [2.75, 3.05) is 0 Å². The van der Waals surface area contributed by atoms with E-state index in [4.69, 9.17) is 0 Å². The van der Waals surface area contributed by atoms with Gasteiger partial charge in [0.15, 0.2) is 0 Å². The quantitative estimate of drug-likeness (QED) is 0.133. The number of rotatable bonds is 0. The average molecular weight is 1380 g/mol. The van der Waals surface area contributed by atoms with Crippen LogP contribution in [0.5, 0.6) is 0 Å². The minimum atomic E-state index is 1.08. The molecule has 18 aromatic carbocycles. The zero-order chi connectivity index (χ0) is 72.2. The third-order valence-electron chi connectivity index (χ3n) is 22.1. The predicted octanol–water partition coefficient (Wildman–Crippen LogP) is 28.3. The van der Waals surface area contributed by atoms with Crippen LogP contribution in [0.3, 0.4) is 0 Å². The summed E-state index contributed by atoms with van der Waals surface area (Å²) in [5.74, 6) is 0. The summed E-state index contributed by atoms with van der Waals surface area (Å²) in [6.45, 7) is 0. The molecule has 0 fully saturated rings. The van der Waals surface area contributed by atoms with Crippen LogP contribution in [0, 0.1) is 0 Å². The van der Waals surface area contributed by atoms with Gasteiger partial charge in [0.1, 0.15) is 0 Å². The molecule has 0 saturated carbocycles. The predicted molar refractivity (Wildman–Crippen MR) is 463 cm³/mol. The van der Waals surface area contributed by atoms with Gasteiger partial charge in [-0.1, -0.05) is 406 Å². The first-order chi connectivity index (χ1) is 53.6. The molecule has 18 aromatic rings. The third-order valence-corrected chi connectivity index (χ3v) is 22.1. The lowest BCUT2D eigenvalue weighted by molar-refractivity contribution is 0.839. The highest BCUT2D eigenvalue weighted by Gasteiger charge is 2.22. The minimum Gasteiger partial charge on any atom is -0.0795 e. The number of aryl methyl sites for hydroxylation is 6. The van der Waals surface area contributed by atoms with Crippen molar-refractivity contribution in [3.05, 3.63) is 462 Å². The Bertz CT molecular complexity index is 5860. The van der Waals surface area contributed by atoms with E-state index in [2.05, 4.69) is 413 Å². The maximum absolute atomic E-state index is 2.34. The Kier molecular flexibility index (Phi) is 20.3. The van der Waals surface area contributed by atoms with Crippen LogP contribution in [-0.4, -0.2) is 0 Å². The van der Waals surface area contributed by atoms with Gasteiger partial charge in [-0.25, -0.2) is 0 Å². The Labute approximate surface area is 635 Å². The van der Waals surface area contributed by atoms with Crippen LogP contribution in [0.15, 0.2) is 406 Å². The number of allylic oxidation sites excluding steroid dienone is 1. The minimum absolute atomic E-state index is 1.08. The Morgan fingerprint density at radius 2 is 0.444 bits per heavy atom. The van der Waals surface area contributed by atoms with E-state index < -0.39 is 0 Å². The van der Waals surface area contributed by atoms with Gasteiger partial charge in [-0.15, -0.1) is 0 Å². The van der Waals surface area contributed by atoms with Gasteiger partial charge in [-0.05, 0) is 234 Å². The van der Waals surface area contributed by atoms with Crippen LogP contribution >= 0.6 is 0 Å². The van der Waals surface area contributed by atoms with Crippen LogP contribution < -0.4 is 0 Å². The zero-order valence-electron chi connectivity index (χ0n) is 60.9. The molecule has 0 heteroatoms. The van der Waals surface area contributed by atoms with Gasteiger partial charge >= 0.3 is 0 Å². The van der Waals surface area contributed by atoms with E-state index >= 15 is 0 Å². The Morgan fingerprint density at radius 1 is 0.157 bits per heavy atom. The molecule has 6 aliphatic rings. The van der Waals surface area contributed by atoms with E-state index in [1.807, 2.05) is 0 Å². The Morgan fingerprint density at radius 3 is 0.870 bits per heavy atom. The summed E-state index contributed by atoms with van der Waals surface area (Å²) in [6, 6.07) is 143. The number of hydrogen-bond donors (Lipinski definition) is 0. The fourth-order valence-electron chi connectivity index (χ4n) is 16.6. The first-order valence-corrected chi connectivity index (χ1v) is 38.3. The van der Waals surface area contributed by atoms with Crippen molar-refractivity contribution in [1.29, 1.82) is 0 Å². The lowest BCUT2D eigenvalue weighted by atomic mass is 9.81. The molecule has 0 atom stereocenters. The Balaban J connectivity index is 0.0000000910.